The molecular weight excluding hydrogens is 298 g/mol. The van der Waals surface area contributed by atoms with Crippen LogP contribution in [0, 0.1) is 0 Å². The van der Waals surface area contributed by atoms with Crippen LogP contribution in [0.3, 0.4) is 0 Å². The smallest absolute Gasteiger partial charge is 0.276 e. The summed E-state index contributed by atoms with van der Waals surface area (Å²) in [7, 11) is 0. The van der Waals surface area contributed by atoms with Crippen molar-refractivity contribution in [3.05, 3.63) is 91.1 Å². The number of hydrogen-bond donors (Lipinski definition) is 0. The number of pyridine rings is 1. The Kier molecular flexibility index (Phi) is 5.50. The fourth-order valence-corrected chi connectivity index (χ4v) is 2.20. The summed E-state index contributed by atoms with van der Waals surface area (Å²) in [4.78, 5) is 4.45. The third-order valence-corrected chi connectivity index (χ3v) is 3.17. The Hall–Kier alpha value is -2.15. The minimum atomic E-state index is 0. The molecule has 3 aromatic carbocycles. The minimum Gasteiger partial charge on any atom is -0.276 e. The first-order valence-electron chi connectivity index (χ1n) is 6.68. The zero-order valence-electron chi connectivity index (χ0n) is 11.5. The number of nitrogens with zero attached hydrogens (tertiary/aromatic N) is 1. The van der Waals surface area contributed by atoms with Gasteiger partial charge >= 0.3 is 17.1 Å². The molecular formula is C19H15FeN. The largest absolute Gasteiger partial charge is 2.00 e. The van der Waals surface area contributed by atoms with E-state index in [4.69, 9.17) is 0 Å². The average molecular weight is 313 g/mol. The molecule has 1 nitrogen and oxygen atoms in total. The molecule has 0 radical (unpaired) electrons. The number of hydrogen-bond acceptors (Lipinski definition) is 1. The van der Waals surface area contributed by atoms with Gasteiger partial charge in [-0.25, -0.2) is 12.1 Å². The van der Waals surface area contributed by atoms with Crippen LogP contribution in [0.1, 0.15) is 0 Å². The molecule has 2 heteroatoms. The van der Waals surface area contributed by atoms with Crippen molar-refractivity contribution in [2.75, 3.05) is 0 Å². The second-order valence-electron chi connectivity index (χ2n) is 4.52. The van der Waals surface area contributed by atoms with Crippen molar-refractivity contribution >= 4 is 10.8 Å². The van der Waals surface area contributed by atoms with Crippen molar-refractivity contribution in [1.29, 1.82) is 0 Å². The fraction of sp³-hybridized carbons (Fsp3) is 0. The summed E-state index contributed by atoms with van der Waals surface area (Å²) < 4.78 is 0. The molecule has 104 valence electrons. The van der Waals surface area contributed by atoms with Gasteiger partial charge in [-0.05, 0) is 11.8 Å². The van der Waals surface area contributed by atoms with Gasteiger partial charge in [-0.1, -0.05) is 40.6 Å². The van der Waals surface area contributed by atoms with Gasteiger partial charge in [-0.3, -0.25) is 4.98 Å². The Balaban J connectivity index is 0.000000231. The standard InChI is InChI=1S/C14H10N.C5H5.Fe/c1-2-7-12(6-1)14-13-8-4-3-5-11(13)9-10-15-14;1-2-4-5-3-1;/h1-10H;1-5H;/q2*-1;+2. The summed E-state index contributed by atoms with van der Waals surface area (Å²) in [5.41, 5.74) is 2.25. The SMILES string of the molecule is [Fe+2].c1cc[cH-]c1.c1ccc2c(-[c-]3cccc3)nccc2c1. The molecule has 0 aliphatic heterocycles. The first kappa shape index (κ1) is 15.2. The molecule has 4 rings (SSSR count). The van der Waals surface area contributed by atoms with Gasteiger partial charge in [0.1, 0.15) is 0 Å². The van der Waals surface area contributed by atoms with Crippen LogP contribution < -0.4 is 0 Å². The van der Waals surface area contributed by atoms with Crippen LogP contribution in [0.2, 0.25) is 0 Å². The second-order valence-corrected chi connectivity index (χ2v) is 4.52. The molecule has 0 saturated carbocycles. The summed E-state index contributed by atoms with van der Waals surface area (Å²) in [6.45, 7) is 0. The van der Waals surface area contributed by atoms with E-state index >= 15 is 0 Å². The fourth-order valence-electron chi connectivity index (χ4n) is 2.20. The van der Waals surface area contributed by atoms with Crippen LogP contribution in [0.5, 0.6) is 0 Å². The Bertz CT molecular complexity index is 733. The van der Waals surface area contributed by atoms with Gasteiger partial charge in [0.15, 0.2) is 0 Å². The quantitative estimate of drug-likeness (QED) is 0.355. The van der Waals surface area contributed by atoms with Crippen LogP contribution in [0.15, 0.2) is 91.1 Å². The zero-order chi connectivity index (χ0) is 13.6. The number of fused-ring (bicyclic) bond motifs is 1. The van der Waals surface area contributed by atoms with Crippen LogP contribution in [0.25, 0.3) is 22.0 Å². The number of benzene rings is 1. The maximum Gasteiger partial charge on any atom is 2.00 e. The molecule has 0 amide bonds. The van der Waals surface area contributed by atoms with Crippen LogP contribution >= 0.6 is 0 Å². The van der Waals surface area contributed by atoms with Gasteiger partial charge in [0.25, 0.3) is 0 Å². The summed E-state index contributed by atoms with van der Waals surface area (Å²) in [5, 5.41) is 2.45. The van der Waals surface area contributed by atoms with Crippen LogP contribution in [-0.2, 0) is 17.1 Å². The van der Waals surface area contributed by atoms with Crippen LogP contribution in [0.4, 0.5) is 0 Å². The summed E-state index contributed by atoms with van der Waals surface area (Å²) in [6, 6.07) is 28.6. The number of aromatic nitrogens is 1. The zero-order valence-corrected chi connectivity index (χ0v) is 12.6. The average Bonchev–Trinajstić information content (AvgIpc) is 3.22. The van der Waals surface area contributed by atoms with E-state index in [0.29, 0.717) is 0 Å². The van der Waals surface area contributed by atoms with E-state index in [1.165, 1.54) is 16.3 Å². The molecule has 4 aromatic rings. The molecule has 0 saturated heterocycles. The molecule has 0 N–H and O–H groups in total. The maximum absolute atomic E-state index is 4.45. The second kappa shape index (κ2) is 7.58. The molecule has 0 atom stereocenters. The predicted octanol–water partition coefficient (Wildman–Crippen LogP) is 5.02. The molecule has 1 heterocycles. The van der Waals surface area contributed by atoms with Gasteiger partial charge in [0.2, 0.25) is 0 Å². The van der Waals surface area contributed by atoms with Crippen molar-refractivity contribution in [3.8, 4) is 11.3 Å². The van der Waals surface area contributed by atoms with Crippen molar-refractivity contribution in [1.82, 2.24) is 4.98 Å². The summed E-state index contributed by atoms with van der Waals surface area (Å²) in [5.74, 6) is 0. The van der Waals surface area contributed by atoms with E-state index in [1.54, 1.807) is 0 Å². The van der Waals surface area contributed by atoms with Crippen LogP contribution in [-0.4, -0.2) is 4.98 Å². The Morgan fingerprint density at radius 3 is 2.19 bits per heavy atom. The Morgan fingerprint density at radius 1 is 0.810 bits per heavy atom. The first-order valence-corrected chi connectivity index (χ1v) is 6.68. The predicted molar refractivity (Wildman–Crippen MR) is 84.8 cm³/mol. The van der Waals surface area contributed by atoms with E-state index in [2.05, 4.69) is 41.4 Å². The molecule has 0 aliphatic carbocycles. The van der Waals surface area contributed by atoms with Gasteiger partial charge in [-0.15, -0.1) is 12.1 Å². The van der Waals surface area contributed by atoms with Gasteiger partial charge in [0, 0.05) is 6.20 Å². The van der Waals surface area contributed by atoms with Crippen molar-refractivity contribution in [2.24, 2.45) is 0 Å². The third-order valence-electron chi connectivity index (χ3n) is 3.17. The molecule has 0 unspecified atom stereocenters. The molecule has 0 bridgehead atoms. The summed E-state index contributed by atoms with van der Waals surface area (Å²) >= 11 is 0. The third kappa shape index (κ3) is 3.69. The van der Waals surface area contributed by atoms with Crippen molar-refractivity contribution < 1.29 is 17.1 Å². The maximum atomic E-state index is 4.45. The van der Waals surface area contributed by atoms with Gasteiger partial charge in [-0.2, -0.15) is 30.3 Å². The van der Waals surface area contributed by atoms with Gasteiger partial charge in [0.05, 0.1) is 0 Å². The molecule has 1 aromatic heterocycles. The van der Waals surface area contributed by atoms with Gasteiger partial charge < -0.3 is 0 Å². The minimum absolute atomic E-state index is 0. The summed E-state index contributed by atoms with van der Waals surface area (Å²) in [6.07, 6.45) is 1.87. The number of rotatable bonds is 1. The Morgan fingerprint density at radius 2 is 1.52 bits per heavy atom. The molecule has 21 heavy (non-hydrogen) atoms. The van der Waals surface area contributed by atoms with E-state index in [-0.39, 0.29) is 17.1 Å². The topological polar surface area (TPSA) is 12.9 Å². The van der Waals surface area contributed by atoms with E-state index in [1.807, 2.05) is 54.7 Å². The van der Waals surface area contributed by atoms with E-state index in [0.717, 1.165) is 5.69 Å². The molecule has 0 aliphatic rings. The normalized spacial score (nSPS) is 9.52. The van der Waals surface area contributed by atoms with E-state index < -0.39 is 0 Å². The Labute approximate surface area is 135 Å². The van der Waals surface area contributed by atoms with E-state index in [9.17, 15) is 0 Å². The first-order chi connectivity index (χ1) is 9.95. The van der Waals surface area contributed by atoms with Crippen molar-refractivity contribution in [2.45, 2.75) is 0 Å². The van der Waals surface area contributed by atoms with Crippen molar-refractivity contribution in [3.63, 3.8) is 0 Å². The molecule has 0 spiro atoms. The monoisotopic (exact) mass is 313 g/mol. The molecule has 0 fully saturated rings.